The Bertz CT molecular complexity index is 448. The van der Waals surface area contributed by atoms with E-state index in [0.29, 0.717) is 24.7 Å². The molecule has 1 aliphatic heterocycles. The van der Waals surface area contributed by atoms with Crippen molar-refractivity contribution in [2.24, 2.45) is 5.73 Å². The number of ether oxygens (including phenoxy) is 1. The Kier molecular flexibility index (Phi) is 3.71. The standard InChI is InChI=1S/C12H14N2O2S/c13-12(17)10-3-1-2-9(6-10)7-14-4-5-16-8-11(14)15/h1-3,6H,4-5,7-8H2,(H2,13,17). The third-order valence-corrected chi connectivity index (χ3v) is 2.90. The lowest BCUT2D eigenvalue weighted by molar-refractivity contribution is -0.143. The van der Waals surface area contributed by atoms with Crippen LogP contribution in [0, 0.1) is 0 Å². The lowest BCUT2D eigenvalue weighted by Crippen LogP contribution is -2.40. The Hall–Kier alpha value is -1.46. The number of morpholine rings is 1. The largest absolute Gasteiger partial charge is 0.389 e. The second-order valence-electron chi connectivity index (χ2n) is 3.93. The normalized spacial score (nSPS) is 16.0. The molecule has 1 aromatic rings. The van der Waals surface area contributed by atoms with E-state index in [1.807, 2.05) is 24.3 Å². The van der Waals surface area contributed by atoms with Crippen LogP contribution in [-0.2, 0) is 16.1 Å². The van der Waals surface area contributed by atoms with E-state index in [-0.39, 0.29) is 12.5 Å². The second kappa shape index (κ2) is 5.25. The van der Waals surface area contributed by atoms with Crippen molar-refractivity contribution in [2.45, 2.75) is 6.54 Å². The Morgan fingerprint density at radius 3 is 3.06 bits per heavy atom. The fraction of sp³-hybridized carbons (Fsp3) is 0.333. The van der Waals surface area contributed by atoms with Crippen LogP contribution in [0.1, 0.15) is 11.1 Å². The Balaban J connectivity index is 2.09. The average Bonchev–Trinajstić information content (AvgIpc) is 2.32. The first-order valence-electron chi connectivity index (χ1n) is 5.41. The molecule has 0 aliphatic carbocycles. The number of carbonyl (C=O) groups excluding carboxylic acids is 1. The van der Waals surface area contributed by atoms with Gasteiger partial charge in [0.15, 0.2) is 0 Å². The number of rotatable bonds is 3. The molecular weight excluding hydrogens is 236 g/mol. The van der Waals surface area contributed by atoms with E-state index in [1.165, 1.54) is 0 Å². The summed E-state index contributed by atoms with van der Waals surface area (Å²) >= 11 is 4.93. The molecule has 1 aliphatic rings. The zero-order chi connectivity index (χ0) is 12.3. The fourth-order valence-electron chi connectivity index (χ4n) is 1.76. The van der Waals surface area contributed by atoms with E-state index in [4.69, 9.17) is 22.7 Å². The molecule has 0 unspecified atom stereocenters. The lowest BCUT2D eigenvalue weighted by atomic mass is 10.1. The van der Waals surface area contributed by atoms with Crippen LogP contribution in [0.2, 0.25) is 0 Å². The van der Waals surface area contributed by atoms with Gasteiger partial charge in [0.05, 0.1) is 6.61 Å². The van der Waals surface area contributed by atoms with E-state index in [9.17, 15) is 4.79 Å². The maximum absolute atomic E-state index is 11.6. The molecule has 0 aromatic heterocycles. The van der Waals surface area contributed by atoms with Crippen molar-refractivity contribution >= 4 is 23.1 Å². The van der Waals surface area contributed by atoms with Crippen LogP contribution in [-0.4, -0.2) is 35.6 Å². The van der Waals surface area contributed by atoms with Crippen LogP contribution in [0.15, 0.2) is 24.3 Å². The molecule has 17 heavy (non-hydrogen) atoms. The minimum absolute atomic E-state index is 0.0250. The first-order valence-corrected chi connectivity index (χ1v) is 5.82. The summed E-state index contributed by atoms with van der Waals surface area (Å²) in [6, 6.07) is 7.65. The van der Waals surface area contributed by atoms with Gasteiger partial charge in [0.25, 0.3) is 0 Å². The van der Waals surface area contributed by atoms with Crippen molar-refractivity contribution in [3.8, 4) is 0 Å². The highest BCUT2D eigenvalue weighted by Gasteiger charge is 2.18. The molecule has 0 saturated carbocycles. The molecule has 0 spiro atoms. The maximum Gasteiger partial charge on any atom is 0.248 e. The molecule has 0 bridgehead atoms. The Morgan fingerprint density at radius 1 is 1.53 bits per heavy atom. The summed E-state index contributed by atoms with van der Waals surface area (Å²) in [5.41, 5.74) is 7.44. The van der Waals surface area contributed by atoms with Gasteiger partial charge >= 0.3 is 0 Å². The molecule has 2 rings (SSSR count). The van der Waals surface area contributed by atoms with Crippen molar-refractivity contribution in [1.82, 2.24) is 4.90 Å². The van der Waals surface area contributed by atoms with Crippen LogP contribution < -0.4 is 5.73 Å². The molecular formula is C12H14N2O2S. The molecule has 1 amide bonds. The van der Waals surface area contributed by atoms with Crippen molar-refractivity contribution in [2.75, 3.05) is 19.8 Å². The molecule has 0 atom stereocenters. The monoisotopic (exact) mass is 250 g/mol. The summed E-state index contributed by atoms with van der Waals surface area (Å²) < 4.78 is 5.08. The van der Waals surface area contributed by atoms with Gasteiger partial charge in [-0.25, -0.2) is 0 Å². The van der Waals surface area contributed by atoms with Crippen molar-refractivity contribution < 1.29 is 9.53 Å². The quantitative estimate of drug-likeness (QED) is 0.802. The minimum atomic E-state index is 0.0250. The molecule has 90 valence electrons. The van der Waals surface area contributed by atoms with Crippen LogP contribution in [0.5, 0.6) is 0 Å². The molecule has 1 saturated heterocycles. The van der Waals surface area contributed by atoms with Gasteiger partial charge in [-0.2, -0.15) is 0 Å². The molecule has 1 heterocycles. The number of nitrogens with zero attached hydrogens (tertiary/aromatic N) is 1. The molecule has 0 radical (unpaired) electrons. The van der Waals surface area contributed by atoms with Gasteiger partial charge in [-0.3, -0.25) is 4.79 Å². The van der Waals surface area contributed by atoms with Crippen LogP contribution in [0.4, 0.5) is 0 Å². The van der Waals surface area contributed by atoms with Crippen LogP contribution in [0.3, 0.4) is 0 Å². The third-order valence-electron chi connectivity index (χ3n) is 2.67. The summed E-state index contributed by atoms with van der Waals surface area (Å²) in [6.45, 7) is 1.99. The fourth-order valence-corrected chi connectivity index (χ4v) is 1.89. The summed E-state index contributed by atoms with van der Waals surface area (Å²) in [4.78, 5) is 13.7. The summed E-state index contributed by atoms with van der Waals surface area (Å²) in [6.07, 6.45) is 0. The SMILES string of the molecule is NC(=S)c1cccc(CN2CCOCC2=O)c1. The van der Waals surface area contributed by atoms with Gasteiger partial charge in [-0.15, -0.1) is 0 Å². The van der Waals surface area contributed by atoms with Gasteiger partial charge in [0.2, 0.25) is 5.91 Å². The molecule has 4 nitrogen and oxygen atoms in total. The summed E-state index contributed by atoms with van der Waals surface area (Å²) in [5, 5.41) is 0. The zero-order valence-corrected chi connectivity index (χ0v) is 10.2. The average molecular weight is 250 g/mol. The number of benzene rings is 1. The molecule has 5 heteroatoms. The van der Waals surface area contributed by atoms with Crippen LogP contribution >= 0.6 is 12.2 Å². The van der Waals surface area contributed by atoms with E-state index in [2.05, 4.69) is 0 Å². The highest BCUT2D eigenvalue weighted by atomic mass is 32.1. The minimum Gasteiger partial charge on any atom is -0.389 e. The zero-order valence-electron chi connectivity index (χ0n) is 9.39. The van der Waals surface area contributed by atoms with Gasteiger partial charge in [0.1, 0.15) is 11.6 Å². The van der Waals surface area contributed by atoms with Crippen molar-refractivity contribution in [3.05, 3.63) is 35.4 Å². The Morgan fingerprint density at radius 2 is 2.35 bits per heavy atom. The number of nitrogens with two attached hydrogens (primary N) is 1. The smallest absolute Gasteiger partial charge is 0.248 e. The number of carbonyl (C=O) groups is 1. The van der Waals surface area contributed by atoms with E-state index >= 15 is 0 Å². The highest BCUT2D eigenvalue weighted by Crippen LogP contribution is 2.10. The highest BCUT2D eigenvalue weighted by molar-refractivity contribution is 7.80. The first kappa shape index (κ1) is 12.0. The van der Waals surface area contributed by atoms with Crippen LogP contribution in [0.25, 0.3) is 0 Å². The van der Waals surface area contributed by atoms with E-state index in [0.717, 1.165) is 11.1 Å². The predicted molar refractivity (Wildman–Crippen MR) is 68.6 cm³/mol. The van der Waals surface area contributed by atoms with Gasteiger partial charge < -0.3 is 15.4 Å². The molecule has 2 N–H and O–H groups in total. The van der Waals surface area contributed by atoms with Gasteiger partial charge in [0, 0.05) is 18.7 Å². The van der Waals surface area contributed by atoms with Gasteiger partial charge in [-0.1, -0.05) is 30.4 Å². The topological polar surface area (TPSA) is 55.6 Å². The first-order chi connectivity index (χ1) is 8.16. The van der Waals surface area contributed by atoms with Gasteiger partial charge in [-0.05, 0) is 11.6 Å². The van der Waals surface area contributed by atoms with Crippen molar-refractivity contribution in [1.29, 1.82) is 0 Å². The summed E-state index contributed by atoms with van der Waals surface area (Å²) in [7, 11) is 0. The number of hydrogen-bond acceptors (Lipinski definition) is 3. The predicted octanol–water partition coefficient (Wildman–Crippen LogP) is 0.680. The van der Waals surface area contributed by atoms with E-state index in [1.54, 1.807) is 4.90 Å². The molecule has 1 aromatic carbocycles. The third kappa shape index (κ3) is 3.01. The summed E-state index contributed by atoms with van der Waals surface area (Å²) in [5.74, 6) is 0.0250. The lowest BCUT2D eigenvalue weighted by Gasteiger charge is -2.26. The number of amides is 1. The van der Waals surface area contributed by atoms with Crippen molar-refractivity contribution in [3.63, 3.8) is 0 Å². The molecule has 1 fully saturated rings. The number of thiocarbonyl (C=S) groups is 1. The van der Waals surface area contributed by atoms with E-state index < -0.39 is 0 Å². The maximum atomic E-state index is 11.6. The Labute approximate surface area is 105 Å². The second-order valence-corrected chi connectivity index (χ2v) is 4.37. The number of hydrogen-bond donors (Lipinski definition) is 1.